The van der Waals surface area contributed by atoms with Gasteiger partial charge in [0.2, 0.25) is 0 Å². The zero-order valence-electron chi connectivity index (χ0n) is 14.0. The molecule has 3 rings (SSSR count). The standard InChI is InChI=1S/C20H20N2OS/c1-14-8-11-19(23-3)18(12-14)22(2)20(24)21-17-10-9-15-6-4-5-7-16(15)13-17/h4-13H,1-3H3,(H,21,24). The molecule has 4 heteroatoms. The summed E-state index contributed by atoms with van der Waals surface area (Å²) in [5.41, 5.74) is 3.07. The molecule has 0 atom stereocenters. The van der Waals surface area contributed by atoms with Gasteiger partial charge in [-0.3, -0.25) is 0 Å². The number of methoxy groups -OCH3 is 1. The summed E-state index contributed by atoms with van der Waals surface area (Å²) in [6.45, 7) is 2.05. The number of ether oxygens (including phenoxy) is 1. The van der Waals surface area contributed by atoms with E-state index in [1.165, 1.54) is 10.8 Å². The summed E-state index contributed by atoms with van der Waals surface area (Å²) in [6.07, 6.45) is 0. The van der Waals surface area contributed by atoms with Gasteiger partial charge in [0.1, 0.15) is 5.75 Å². The smallest absolute Gasteiger partial charge is 0.177 e. The second-order valence-electron chi connectivity index (χ2n) is 5.73. The minimum absolute atomic E-state index is 0.620. The first-order valence-electron chi connectivity index (χ1n) is 7.76. The van der Waals surface area contributed by atoms with Crippen LogP contribution in [0.15, 0.2) is 60.7 Å². The van der Waals surface area contributed by atoms with E-state index in [1.807, 2.05) is 42.3 Å². The van der Waals surface area contributed by atoms with E-state index in [4.69, 9.17) is 17.0 Å². The van der Waals surface area contributed by atoms with Crippen molar-refractivity contribution in [3.05, 3.63) is 66.2 Å². The lowest BCUT2D eigenvalue weighted by Crippen LogP contribution is -2.31. The molecule has 3 nitrogen and oxygen atoms in total. The Bertz CT molecular complexity index is 892. The number of rotatable bonds is 3. The van der Waals surface area contributed by atoms with E-state index in [0.717, 1.165) is 22.7 Å². The normalized spacial score (nSPS) is 10.5. The van der Waals surface area contributed by atoms with E-state index in [2.05, 4.69) is 42.6 Å². The molecule has 0 saturated carbocycles. The lowest BCUT2D eigenvalue weighted by atomic mass is 10.1. The Morgan fingerprint density at radius 2 is 1.75 bits per heavy atom. The Morgan fingerprint density at radius 1 is 1.00 bits per heavy atom. The van der Waals surface area contributed by atoms with Gasteiger partial charge in [-0.05, 0) is 59.7 Å². The maximum atomic E-state index is 5.57. The number of fused-ring (bicyclic) bond motifs is 1. The third-order valence-corrected chi connectivity index (χ3v) is 4.38. The average Bonchev–Trinajstić information content (AvgIpc) is 2.61. The molecule has 24 heavy (non-hydrogen) atoms. The Hall–Kier alpha value is -2.59. The monoisotopic (exact) mass is 336 g/mol. The van der Waals surface area contributed by atoms with Crippen molar-refractivity contribution in [1.29, 1.82) is 0 Å². The van der Waals surface area contributed by atoms with Crippen molar-refractivity contribution in [3.63, 3.8) is 0 Å². The summed E-state index contributed by atoms with van der Waals surface area (Å²) < 4.78 is 5.45. The first kappa shape index (κ1) is 16.3. The van der Waals surface area contributed by atoms with Crippen LogP contribution in [-0.2, 0) is 0 Å². The lowest BCUT2D eigenvalue weighted by molar-refractivity contribution is 0.416. The highest BCUT2D eigenvalue weighted by molar-refractivity contribution is 7.80. The highest BCUT2D eigenvalue weighted by Crippen LogP contribution is 2.29. The summed E-state index contributed by atoms with van der Waals surface area (Å²) in [4.78, 5) is 1.93. The van der Waals surface area contributed by atoms with Crippen LogP contribution in [-0.4, -0.2) is 19.3 Å². The molecule has 0 aliphatic carbocycles. The Labute approximate surface area is 147 Å². The number of aryl methyl sites for hydroxylation is 1. The van der Waals surface area contributed by atoms with Gasteiger partial charge in [0.05, 0.1) is 12.8 Å². The summed E-state index contributed by atoms with van der Waals surface area (Å²) in [6, 6.07) is 20.5. The molecule has 0 bridgehead atoms. The molecule has 0 fully saturated rings. The van der Waals surface area contributed by atoms with Crippen molar-refractivity contribution >= 4 is 39.5 Å². The molecule has 3 aromatic carbocycles. The van der Waals surface area contributed by atoms with Crippen molar-refractivity contribution in [1.82, 2.24) is 0 Å². The first-order valence-corrected chi connectivity index (χ1v) is 8.17. The number of anilines is 2. The fourth-order valence-corrected chi connectivity index (χ4v) is 2.86. The maximum Gasteiger partial charge on any atom is 0.177 e. The van der Waals surface area contributed by atoms with Crippen LogP contribution in [0.3, 0.4) is 0 Å². The molecule has 122 valence electrons. The molecule has 0 amide bonds. The minimum Gasteiger partial charge on any atom is -0.495 e. The number of nitrogens with zero attached hydrogens (tertiary/aromatic N) is 1. The van der Waals surface area contributed by atoms with Crippen LogP contribution in [0.1, 0.15) is 5.56 Å². The highest BCUT2D eigenvalue weighted by Gasteiger charge is 2.13. The molecule has 0 aliphatic rings. The molecule has 0 saturated heterocycles. The molecule has 0 radical (unpaired) electrons. The van der Waals surface area contributed by atoms with E-state index < -0.39 is 0 Å². The second-order valence-corrected chi connectivity index (χ2v) is 6.11. The average molecular weight is 336 g/mol. The summed E-state index contributed by atoms with van der Waals surface area (Å²) in [5, 5.41) is 6.32. The van der Waals surface area contributed by atoms with Crippen LogP contribution in [0.5, 0.6) is 5.75 Å². The summed E-state index contributed by atoms with van der Waals surface area (Å²) in [5.74, 6) is 0.797. The molecule has 1 N–H and O–H groups in total. The van der Waals surface area contributed by atoms with Gasteiger partial charge in [0, 0.05) is 12.7 Å². The molecule has 0 aliphatic heterocycles. The lowest BCUT2D eigenvalue weighted by Gasteiger charge is -2.23. The van der Waals surface area contributed by atoms with Gasteiger partial charge in [0.15, 0.2) is 5.11 Å². The quantitative estimate of drug-likeness (QED) is 0.681. The third kappa shape index (κ3) is 3.34. The minimum atomic E-state index is 0.620. The van der Waals surface area contributed by atoms with Crippen LogP contribution < -0.4 is 15.0 Å². The van der Waals surface area contributed by atoms with Gasteiger partial charge < -0.3 is 15.0 Å². The largest absolute Gasteiger partial charge is 0.495 e. The van der Waals surface area contributed by atoms with Gasteiger partial charge in [-0.1, -0.05) is 36.4 Å². The summed E-state index contributed by atoms with van der Waals surface area (Å²) in [7, 11) is 3.61. The van der Waals surface area contributed by atoms with Gasteiger partial charge in [-0.15, -0.1) is 0 Å². The Kier molecular flexibility index (Phi) is 4.67. The van der Waals surface area contributed by atoms with E-state index in [0.29, 0.717) is 5.11 Å². The predicted octanol–water partition coefficient (Wildman–Crippen LogP) is 4.99. The van der Waals surface area contributed by atoms with Crippen molar-refractivity contribution in [2.75, 3.05) is 24.4 Å². The number of hydrogen-bond donors (Lipinski definition) is 1. The molecule has 0 spiro atoms. The summed E-state index contributed by atoms with van der Waals surface area (Å²) >= 11 is 5.57. The van der Waals surface area contributed by atoms with Crippen LogP contribution >= 0.6 is 12.2 Å². The number of benzene rings is 3. The van der Waals surface area contributed by atoms with Crippen molar-refractivity contribution in [2.24, 2.45) is 0 Å². The zero-order chi connectivity index (χ0) is 17.1. The Balaban J connectivity index is 1.84. The van der Waals surface area contributed by atoms with Gasteiger partial charge in [-0.25, -0.2) is 0 Å². The van der Waals surface area contributed by atoms with Crippen LogP contribution in [0.2, 0.25) is 0 Å². The second kappa shape index (κ2) is 6.89. The number of hydrogen-bond acceptors (Lipinski definition) is 2. The SMILES string of the molecule is COc1ccc(C)cc1N(C)C(=S)Nc1ccc2ccccc2c1. The maximum absolute atomic E-state index is 5.57. The van der Waals surface area contributed by atoms with Gasteiger partial charge in [-0.2, -0.15) is 0 Å². The Morgan fingerprint density at radius 3 is 2.50 bits per heavy atom. The molecule has 0 unspecified atom stereocenters. The molecule has 0 heterocycles. The molecule has 0 aromatic heterocycles. The van der Waals surface area contributed by atoms with Crippen molar-refractivity contribution < 1.29 is 4.74 Å². The van der Waals surface area contributed by atoms with E-state index >= 15 is 0 Å². The molecule has 3 aromatic rings. The highest BCUT2D eigenvalue weighted by atomic mass is 32.1. The number of nitrogens with one attached hydrogen (secondary N) is 1. The van der Waals surface area contributed by atoms with Gasteiger partial charge in [0.25, 0.3) is 0 Å². The van der Waals surface area contributed by atoms with E-state index in [9.17, 15) is 0 Å². The topological polar surface area (TPSA) is 24.5 Å². The van der Waals surface area contributed by atoms with Crippen molar-refractivity contribution in [2.45, 2.75) is 6.92 Å². The van der Waals surface area contributed by atoms with Crippen LogP contribution in [0.25, 0.3) is 10.8 Å². The molecular formula is C20H20N2OS. The fourth-order valence-electron chi connectivity index (χ4n) is 2.65. The zero-order valence-corrected chi connectivity index (χ0v) is 14.9. The van der Waals surface area contributed by atoms with E-state index in [1.54, 1.807) is 7.11 Å². The van der Waals surface area contributed by atoms with Crippen molar-refractivity contribution in [3.8, 4) is 5.75 Å². The first-order chi connectivity index (χ1) is 11.6. The van der Waals surface area contributed by atoms with Crippen LogP contribution in [0.4, 0.5) is 11.4 Å². The van der Waals surface area contributed by atoms with E-state index in [-0.39, 0.29) is 0 Å². The third-order valence-electron chi connectivity index (χ3n) is 4.00. The number of thiocarbonyl (C=S) groups is 1. The van der Waals surface area contributed by atoms with Gasteiger partial charge >= 0.3 is 0 Å². The predicted molar refractivity (Wildman–Crippen MR) is 106 cm³/mol. The molecular weight excluding hydrogens is 316 g/mol. The van der Waals surface area contributed by atoms with Crippen LogP contribution in [0, 0.1) is 6.92 Å². The fraction of sp³-hybridized carbons (Fsp3) is 0.150.